The molecule has 136 valence electrons. The Kier molecular flexibility index (Phi) is 5.19. The number of carbonyl (C=O) groups is 1. The van der Waals surface area contributed by atoms with Crippen molar-refractivity contribution in [1.29, 1.82) is 0 Å². The Morgan fingerprint density at radius 2 is 1.96 bits per heavy atom. The third-order valence-electron chi connectivity index (χ3n) is 3.66. The van der Waals surface area contributed by atoms with Crippen LogP contribution in [0, 0.1) is 0 Å². The van der Waals surface area contributed by atoms with E-state index >= 15 is 0 Å². The lowest BCUT2D eigenvalue weighted by molar-refractivity contribution is 0.0473. The molecule has 0 aliphatic carbocycles. The zero-order valence-electron chi connectivity index (χ0n) is 13.6. The zero-order valence-corrected chi connectivity index (χ0v) is 16.0. The number of benzene rings is 2. The fourth-order valence-corrected chi connectivity index (χ4v) is 4.33. The minimum atomic E-state index is -3.96. The number of thiophene rings is 1. The number of carbonyl (C=O) groups excluding carboxylic acids is 1. The van der Waals surface area contributed by atoms with Crippen LogP contribution in [0.25, 0.3) is 10.1 Å². The largest absolute Gasteiger partial charge is 0.496 e. The van der Waals surface area contributed by atoms with Gasteiger partial charge < -0.3 is 9.47 Å². The molecule has 0 atom stereocenters. The molecule has 0 aliphatic rings. The first kappa shape index (κ1) is 18.7. The van der Waals surface area contributed by atoms with Gasteiger partial charge in [-0.15, -0.1) is 11.3 Å². The molecule has 2 aromatic carbocycles. The summed E-state index contributed by atoms with van der Waals surface area (Å²) in [6, 6.07) is 11.3. The maximum Gasteiger partial charge on any atom is 0.342 e. The highest BCUT2D eigenvalue weighted by atomic mass is 35.5. The quantitative estimate of drug-likeness (QED) is 0.647. The van der Waals surface area contributed by atoms with Crippen LogP contribution in [0.3, 0.4) is 0 Å². The Morgan fingerprint density at radius 1 is 1.23 bits per heavy atom. The van der Waals surface area contributed by atoms with E-state index in [1.807, 2.05) is 24.3 Å². The predicted octanol–water partition coefficient (Wildman–Crippen LogP) is 3.57. The fraction of sp³-hybridized carbons (Fsp3) is 0.118. The van der Waals surface area contributed by atoms with Crippen LogP contribution in [0.5, 0.6) is 5.75 Å². The number of hydrogen-bond donors (Lipinski definition) is 1. The molecular formula is C17H14ClNO5S2. The van der Waals surface area contributed by atoms with Crippen molar-refractivity contribution < 1.29 is 22.7 Å². The van der Waals surface area contributed by atoms with Gasteiger partial charge in [0.2, 0.25) is 10.0 Å². The topological polar surface area (TPSA) is 95.7 Å². The van der Waals surface area contributed by atoms with Crippen LogP contribution in [0.4, 0.5) is 0 Å². The molecule has 1 heterocycles. The van der Waals surface area contributed by atoms with Crippen LogP contribution in [0.2, 0.25) is 5.02 Å². The smallest absolute Gasteiger partial charge is 0.342 e. The molecule has 0 fully saturated rings. The van der Waals surface area contributed by atoms with Gasteiger partial charge in [-0.2, -0.15) is 0 Å². The van der Waals surface area contributed by atoms with Crippen LogP contribution in [-0.2, 0) is 21.4 Å². The molecule has 26 heavy (non-hydrogen) atoms. The van der Waals surface area contributed by atoms with Gasteiger partial charge in [-0.1, -0.05) is 29.8 Å². The maximum absolute atomic E-state index is 12.4. The van der Waals surface area contributed by atoms with Gasteiger partial charge in [0.1, 0.15) is 17.9 Å². The van der Waals surface area contributed by atoms with E-state index in [1.54, 1.807) is 0 Å². The van der Waals surface area contributed by atoms with Crippen molar-refractivity contribution in [2.24, 2.45) is 5.14 Å². The molecular weight excluding hydrogens is 398 g/mol. The molecule has 6 nitrogen and oxygen atoms in total. The molecule has 3 aromatic rings. The summed E-state index contributed by atoms with van der Waals surface area (Å²) in [5.74, 6) is -0.550. The summed E-state index contributed by atoms with van der Waals surface area (Å²) >= 11 is 7.75. The molecule has 0 saturated heterocycles. The molecule has 3 rings (SSSR count). The minimum absolute atomic E-state index is 0.0312. The van der Waals surface area contributed by atoms with Crippen molar-refractivity contribution in [3.63, 3.8) is 0 Å². The number of rotatable bonds is 5. The molecule has 0 aliphatic heterocycles. The lowest BCUT2D eigenvalue weighted by Crippen LogP contribution is -2.14. The average molecular weight is 412 g/mol. The number of primary sulfonamides is 1. The second kappa shape index (κ2) is 7.24. The van der Waals surface area contributed by atoms with Crippen LogP contribution in [0.1, 0.15) is 15.2 Å². The van der Waals surface area contributed by atoms with Gasteiger partial charge in [0.25, 0.3) is 0 Å². The van der Waals surface area contributed by atoms with Crippen LogP contribution in [-0.4, -0.2) is 21.5 Å². The minimum Gasteiger partial charge on any atom is -0.496 e. The van der Waals surface area contributed by atoms with Gasteiger partial charge in [0.15, 0.2) is 0 Å². The van der Waals surface area contributed by atoms with Crippen LogP contribution >= 0.6 is 22.9 Å². The highest BCUT2D eigenvalue weighted by Crippen LogP contribution is 2.35. The number of nitrogens with two attached hydrogens (primary N) is 1. The third-order valence-corrected chi connectivity index (χ3v) is 6.25. The monoisotopic (exact) mass is 411 g/mol. The number of esters is 1. The van der Waals surface area contributed by atoms with E-state index in [-0.39, 0.29) is 22.8 Å². The van der Waals surface area contributed by atoms with E-state index in [1.165, 1.54) is 30.6 Å². The lowest BCUT2D eigenvalue weighted by Gasteiger charge is -2.10. The van der Waals surface area contributed by atoms with Crippen molar-refractivity contribution in [1.82, 2.24) is 0 Å². The highest BCUT2D eigenvalue weighted by molar-refractivity contribution is 7.89. The number of fused-ring (bicyclic) bond motifs is 1. The number of hydrogen-bond acceptors (Lipinski definition) is 6. The highest BCUT2D eigenvalue weighted by Gasteiger charge is 2.19. The number of methoxy groups -OCH3 is 1. The SMILES string of the molecule is COc1ccc(S(N)(=O)=O)cc1C(=O)OCc1sc2ccccc2c1Cl. The van der Waals surface area contributed by atoms with Gasteiger partial charge in [-0.05, 0) is 24.3 Å². The van der Waals surface area contributed by atoms with Gasteiger partial charge in [0.05, 0.1) is 21.9 Å². The first-order chi connectivity index (χ1) is 12.3. The lowest BCUT2D eigenvalue weighted by atomic mass is 10.2. The van der Waals surface area contributed by atoms with Crippen molar-refractivity contribution >= 4 is 49.0 Å². The molecule has 0 spiro atoms. The van der Waals surface area contributed by atoms with E-state index in [9.17, 15) is 13.2 Å². The normalized spacial score (nSPS) is 11.5. The Hall–Kier alpha value is -2.13. The summed E-state index contributed by atoms with van der Waals surface area (Å²) in [5, 5.41) is 6.53. The fourth-order valence-electron chi connectivity index (χ4n) is 2.39. The molecule has 0 amide bonds. The predicted molar refractivity (Wildman–Crippen MR) is 100 cm³/mol. The van der Waals surface area contributed by atoms with E-state index in [2.05, 4.69) is 0 Å². The zero-order chi connectivity index (χ0) is 18.9. The summed E-state index contributed by atoms with van der Waals surface area (Å²) in [6.45, 7) is -0.0419. The number of sulfonamides is 1. The first-order valence-corrected chi connectivity index (χ1v) is 10.1. The summed E-state index contributed by atoms with van der Waals surface area (Å²) in [4.78, 5) is 12.9. The van der Waals surface area contributed by atoms with Crippen molar-refractivity contribution in [2.45, 2.75) is 11.5 Å². The first-order valence-electron chi connectivity index (χ1n) is 7.35. The molecule has 2 N–H and O–H groups in total. The Morgan fingerprint density at radius 3 is 2.62 bits per heavy atom. The molecule has 1 aromatic heterocycles. The summed E-state index contributed by atoms with van der Waals surface area (Å²) in [7, 11) is -2.59. The third kappa shape index (κ3) is 3.68. The van der Waals surface area contributed by atoms with E-state index in [0.29, 0.717) is 9.90 Å². The second-order valence-electron chi connectivity index (χ2n) is 5.32. The van der Waals surface area contributed by atoms with Crippen molar-refractivity contribution in [3.8, 4) is 5.75 Å². The Labute approximate surface area is 159 Å². The van der Waals surface area contributed by atoms with Crippen molar-refractivity contribution in [2.75, 3.05) is 7.11 Å². The van der Waals surface area contributed by atoms with Gasteiger partial charge >= 0.3 is 5.97 Å². The van der Waals surface area contributed by atoms with Crippen molar-refractivity contribution in [3.05, 3.63) is 57.9 Å². The second-order valence-corrected chi connectivity index (χ2v) is 8.39. The van der Waals surface area contributed by atoms with Gasteiger partial charge in [0, 0.05) is 10.1 Å². The van der Waals surface area contributed by atoms with Crippen LogP contribution < -0.4 is 9.88 Å². The standard InChI is InChI=1S/C17H14ClNO5S2/c1-23-13-7-6-10(26(19,21)22)8-12(13)17(20)24-9-15-16(18)11-4-2-3-5-14(11)25-15/h2-8H,9H2,1H3,(H2,19,21,22). The summed E-state index contributed by atoms with van der Waals surface area (Å²) in [6.07, 6.45) is 0. The maximum atomic E-state index is 12.4. The van der Waals surface area contributed by atoms with Gasteiger partial charge in [-0.3, -0.25) is 0 Å². The summed E-state index contributed by atoms with van der Waals surface area (Å²) in [5.41, 5.74) is -0.0312. The summed E-state index contributed by atoms with van der Waals surface area (Å²) < 4.78 is 34.4. The van der Waals surface area contributed by atoms with Crippen LogP contribution in [0.15, 0.2) is 47.4 Å². The Bertz CT molecular complexity index is 1090. The molecule has 0 unspecified atom stereocenters. The van der Waals surface area contributed by atoms with E-state index < -0.39 is 16.0 Å². The number of ether oxygens (including phenoxy) is 2. The number of halogens is 1. The molecule has 0 radical (unpaired) electrons. The van der Waals surface area contributed by atoms with E-state index in [0.717, 1.165) is 16.2 Å². The van der Waals surface area contributed by atoms with Gasteiger partial charge in [-0.25, -0.2) is 18.4 Å². The average Bonchev–Trinajstić information content (AvgIpc) is 2.94. The molecule has 0 saturated carbocycles. The molecule has 0 bridgehead atoms. The van der Waals surface area contributed by atoms with E-state index in [4.69, 9.17) is 26.2 Å². The Balaban J connectivity index is 1.86. The molecule has 9 heteroatoms.